The maximum Gasteiger partial charge on any atom is 0.166 e. The molecule has 98 valence electrons. The molecular weight excluding hydrogens is 246 g/mol. The van der Waals surface area contributed by atoms with Crippen LogP contribution >= 0.6 is 0 Å². The Morgan fingerprint density at radius 3 is 2.82 bits per heavy atom. The fraction of sp³-hybridized carbons (Fsp3) is 0.600. The molecular formula is C10H17NO5S. The second kappa shape index (κ2) is 6.27. The van der Waals surface area contributed by atoms with E-state index < -0.39 is 22.1 Å². The molecule has 3 atom stereocenters. The average molecular weight is 263 g/mol. The van der Waals surface area contributed by atoms with Gasteiger partial charge in [0, 0.05) is 13.0 Å². The van der Waals surface area contributed by atoms with Crippen LogP contribution in [0.3, 0.4) is 0 Å². The van der Waals surface area contributed by atoms with Crippen LogP contribution in [0, 0.1) is 0 Å². The molecule has 0 aromatic carbocycles. The van der Waals surface area contributed by atoms with Gasteiger partial charge in [-0.05, 0) is 19.1 Å². The lowest BCUT2D eigenvalue weighted by atomic mass is 10.0. The van der Waals surface area contributed by atoms with Gasteiger partial charge in [0.05, 0.1) is 12.9 Å². The van der Waals surface area contributed by atoms with Crippen LogP contribution in [0.25, 0.3) is 0 Å². The summed E-state index contributed by atoms with van der Waals surface area (Å²) in [6, 6.07) is 3.31. The lowest BCUT2D eigenvalue weighted by molar-refractivity contribution is 0.0473. The molecule has 1 unspecified atom stereocenters. The maximum atomic E-state index is 11.4. The summed E-state index contributed by atoms with van der Waals surface area (Å²) < 4.78 is 29.6. The van der Waals surface area contributed by atoms with E-state index in [0.29, 0.717) is 12.4 Å². The summed E-state index contributed by atoms with van der Waals surface area (Å²) >= 11 is -2.34. The molecule has 17 heavy (non-hydrogen) atoms. The third-order valence-corrected chi connectivity index (χ3v) is 3.69. The molecule has 0 fully saturated rings. The topological polar surface area (TPSA) is 106 Å². The number of nitrogens with two attached hydrogens (primary N) is 1. The molecule has 0 radical (unpaired) electrons. The van der Waals surface area contributed by atoms with Crippen molar-refractivity contribution >= 4 is 11.1 Å². The van der Waals surface area contributed by atoms with Gasteiger partial charge in [-0.3, -0.25) is 0 Å². The molecule has 1 aromatic heterocycles. The van der Waals surface area contributed by atoms with Crippen molar-refractivity contribution in [1.82, 2.24) is 0 Å². The number of rotatable bonds is 7. The van der Waals surface area contributed by atoms with Crippen LogP contribution in [-0.4, -0.2) is 38.1 Å². The molecule has 1 rings (SSSR count). The van der Waals surface area contributed by atoms with Gasteiger partial charge in [-0.15, -0.1) is 0 Å². The zero-order valence-electron chi connectivity index (χ0n) is 9.54. The van der Waals surface area contributed by atoms with Crippen LogP contribution in [0.15, 0.2) is 22.8 Å². The monoisotopic (exact) mass is 263 g/mol. The van der Waals surface area contributed by atoms with E-state index in [-0.39, 0.29) is 13.0 Å². The van der Waals surface area contributed by atoms with Crippen molar-refractivity contribution in [2.75, 3.05) is 13.2 Å². The third-order valence-electron chi connectivity index (χ3n) is 2.49. The Kier molecular flexibility index (Phi) is 5.29. The van der Waals surface area contributed by atoms with Crippen molar-refractivity contribution in [2.24, 2.45) is 5.73 Å². The fourth-order valence-electron chi connectivity index (χ4n) is 1.44. The highest BCUT2D eigenvalue weighted by Gasteiger charge is 2.43. The first-order chi connectivity index (χ1) is 8.03. The van der Waals surface area contributed by atoms with Crippen LogP contribution in [0.1, 0.15) is 12.7 Å². The van der Waals surface area contributed by atoms with E-state index in [1.54, 1.807) is 19.1 Å². The molecule has 7 heteroatoms. The molecule has 1 aromatic rings. The van der Waals surface area contributed by atoms with Gasteiger partial charge in [0.1, 0.15) is 16.7 Å². The number of hydrogen-bond acceptors (Lipinski definition) is 5. The highest BCUT2D eigenvalue weighted by molar-refractivity contribution is 7.80. The minimum Gasteiger partial charge on any atom is -0.469 e. The van der Waals surface area contributed by atoms with Gasteiger partial charge < -0.3 is 24.5 Å². The highest BCUT2D eigenvalue weighted by atomic mass is 32.2. The predicted molar refractivity (Wildman–Crippen MR) is 62.6 cm³/mol. The zero-order chi connectivity index (χ0) is 12.9. The molecule has 6 nitrogen and oxygen atoms in total. The molecule has 0 aliphatic heterocycles. The van der Waals surface area contributed by atoms with Crippen molar-refractivity contribution in [3.63, 3.8) is 0 Å². The molecule has 0 aliphatic rings. The van der Waals surface area contributed by atoms with E-state index >= 15 is 0 Å². The lowest BCUT2D eigenvalue weighted by Crippen LogP contribution is -2.56. The minimum atomic E-state index is -2.34. The number of hydrogen-bond donors (Lipinski definition) is 3. The number of aliphatic hydroxyl groups excluding tert-OH is 1. The Morgan fingerprint density at radius 2 is 2.41 bits per heavy atom. The SMILES string of the molecule is CCOC[C@@](Cc1ccco1)([C@@H](N)O)S(=O)O. The highest BCUT2D eigenvalue weighted by Crippen LogP contribution is 2.23. The van der Waals surface area contributed by atoms with Gasteiger partial charge >= 0.3 is 0 Å². The van der Waals surface area contributed by atoms with E-state index in [4.69, 9.17) is 14.9 Å². The normalized spacial score (nSPS) is 18.6. The molecule has 0 saturated heterocycles. The summed E-state index contributed by atoms with van der Waals surface area (Å²) in [6.45, 7) is 2.00. The number of furan rings is 1. The summed E-state index contributed by atoms with van der Waals surface area (Å²) in [7, 11) is 0. The maximum absolute atomic E-state index is 11.4. The van der Waals surface area contributed by atoms with E-state index in [1.165, 1.54) is 6.26 Å². The average Bonchev–Trinajstić information content (AvgIpc) is 2.75. The smallest absolute Gasteiger partial charge is 0.166 e. The van der Waals surface area contributed by atoms with E-state index in [0.717, 1.165) is 0 Å². The predicted octanol–water partition coefficient (Wildman–Crippen LogP) is 0.0962. The zero-order valence-corrected chi connectivity index (χ0v) is 10.4. The standard InChI is InChI=1S/C10H17NO5S/c1-2-15-7-10(9(11)12,17(13)14)6-8-4-3-5-16-8/h3-5,9,12H,2,6-7,11H2,1H3,(H,13,14)/t9-,10-/m0/s1. The quantitative estimate of drug-likeness (QED) is 0.476. The molecule has 4 N–H and O–H groups in total. The molecule has 0 aliphatic carbocycles. The molecule has 0 bridgehead atoms. The van der Waals surface area contributed by atoms with Crippen molar-refractivity contribution in [1.29, 1.82) is 0 Å². The lowest BCUT2D eigenvalue weighted by Gasteiger charge is -2.31. The molecule has 1 heterocycles. The Balaban J connectivity index is 2.93. The van der Waals surface area contributed by atoms with Crippen LogP contribution in [-0.2, 0) is 22.2 Å². The van der Waals surface area contributed by atoms with Gasteiger partial charge in [0.15, 0.2) is 11.1 Å². The van der Waals surface area contributed by atoms with Gasteiger partial charge in [-0.2, -0.15) is 0 Å². The summed E-state index contributed by atoms with van der Waals surface area (Å²) in [5, 5.41) is 9.56. The second-order valence-electron chi connectivity index (χ2n) is 3.65. The van der Waals surface area contributed by atoms with Gasteiger partial charge in [-0.25, -0.2) is 4.21 Å². The van der Waals surface area contributed by atoms with Crippen molar-refractivity contribution in [3.05, 3.63) is 24.2 Å². The summed E-state index contributed by atoms with van der Waals surface area (Å²) in [5.74, 6) is 0.469. The van der Waals surface area contributed by atoms with Gasteiger partial charge in [-0.1, -0.05) is 0 Å². The summed E-state index contributed by atoms with van der Waals surface area (Å²) in [4.78, 5) is 0. The van der Waals surface area contributed by atoms with Gasteiger partial charge in [0.25, 0.3) is 0 Å². The van der Waals surface area contributed by atoms with Crippen molar-refractivity contribution < 1.29 is 23.0 Å². The van der Waals surface area contributed by atoms with Gasteiger partial charge in [0.2, 0.25) is 0 Å². The minimum absolute atomic E-state index is 0.0285. The number of aliphatic hydroxyl groups is 1. The van der Waals surface area contributed by atoms with E-state index in [9.17, 15) is 13.9 Å². The summed E-state index contributed by atoms with van der Waals surface area (Å²) in [6.07, 6.45) is -0.00457. The first kappa shape index (κ1) is 14.3. The van der Waals surface area contributed by atoms with Crippen LogP contribution in [0.5, 0.6) is 0 Å². The summed E-state index contributed by atoms with van der Waals surface area (Å²) in [5.41, 5.74) is 5.41. The fourth-order valence-corrected chi connectivity index (χ4v) is 2.10. The Bertz CT molecular complexity index is 354. The Labute approximate surface area is 102 Å². The first-order valence-corrected chi connectivity index (χ1v) is 6.28. The van der Waals surface area contributed by atoms with E-state index in [2.05, 4.69) is 0 Å². The van der Waals surface area contributed by atoms with Crippen molar-refractivity contribution in [2.45, 2.75) is 24.3 Å². The molecule has 0 amide bonds. The first-order valence-electron chi connectivity index (χ1n) is 5.17. The van der Waals surface area contributed by atoms with Crippen LogP contribution < -0.4 is 5.73 Å². The molecule has 0 saturated carbocycles. The second-order valence-corrected chi connectivity index (χ2v) is 4.96. The third kappa shape index (κ3) is 3.36. The van der Waals surface area contributed by atoms with E-state index in [1.807, 2.05) is 0 Å². The van der Waals surface area contributed by atoms with Crippen LogP contribution in [0.4, 0.5) is 0 Å². The Hall–Kier alpha value is -0.730. The molecule has 0 spiro atoms. The number of ether oxygens (including phenoxy) is 1. The van der Waals surface area contributed by atoms with Crippen LogP contribution in [0.2, 0.25) is 0 Å². The Morgan fingerprint density at radius 1 is 1.71 bits per heavy atom. The largest absolute Gasteiger partial charge is 0.469 e. The van der Waals surface area contributed by atoms with Crippen molar-refractivity contribution in [3.8, 4) is 0 Å².